The Morgan fingerprint density at radius 1 is 0.844 bits per heavy atom. The molecule has 0 bridgehead atoms. The van der Waals surface area contributed by atoms with Gasteiger partial charge in [-0.25, -0.2) is 4.79 Å². The molecule has 2 aliphatic heterocycles. The number of fused-ring (bicyclic) bond motifs is 1. The van der Waals surface area contributed by atoms with E-state index in [9.17, 15) is 9.59 Å². The Hall–Kier alpha value is -3.60. The van der Waals surface area contributed by atoms with Crippen molar-refractivity contribution in [3.05, 3.63) is 101 Å². The molecule has 3 aromatic carbocycles. The molecule has 0 aromatic heterocycles. The summed E-state index contributed by atoms with van der Waals surface area (Å²) in [6.07, 6.45) is 1.18. The molecule has 1 atom stereocenters. The van der Waals surface area contributed by atoms with Crippen LogP contribution in [0.15, 0.2) is 78.9 Å². The van der Waals surface area contributed by atoms with Crippen molar-refractivity contribution < 1.29 is 14.3 Å². The second kappa shape index (κ2) is 8.87. The number of rotatable bonds is 3. The van der Waals surface area contributed by atoms with Crippen LogP contribution in [0.2, 0.25) is 0 Å². The quantitative estimate of drug-likeness (QED) is 0.579. The lowest BCUT2D eigenvalue weighted by atomic mass is 9.93. The molecule has 32 heavy (non-hydrogen) atoms. The second-order valence-electron chi connectivity index (χ2n) is 8.35. The predicted molar refractivity (Wildman–Crippen MR) is 124 cm³/mol. The third-order valence-corrected chi connectivity index (χ3v) is 6.30. The van der Waals surface area contributed by atoms with Crippen molar-refractivity contribution in [1.82, 2.24) is 4.90 Å². The van der Waals surface area contributed by atoms with Gasteiger partial charge in [-0.3, -0.25) is 4.79 Å². The smallest absolute Gasteiger partial charge is 0.339 e. The van der Waals surface area contributed by atoms with E-state index in [1.165, 1.54) is 5.69 Å². The molecule has 0 aliphatic carbocycles. The van der Waals surface area contributed by atoms with E-state index in [0.29, 0.717) is 24.1 Å². The SMILES string of the molecule is O=C1OC(c2ccccc2)Cc2cc(C(=O)N3CCCN(c4ccccc4)CC3)ccc21. The van der Waals surface area contributed by atoms with Gasteiger partial charge in [0.15, 0.2) is 0 Å². The van der Waals surface area contributed by atoms with E-state index in [1.54, 1.807) is 12.1 Å². The Labute approximate surface area is 188 Å². The van der Waals surface area contributed by atoms with Crippen LogP contribution in [0.25, 0.3) is 0 Å². The van der Waals surface area contributed by atoms with Gasteiger partial charge < -0.3 is 14.5 Å². The van der Waals surface area contributed by atoms with Crippen LogP contribution in [0.1, 0.15) is 44.4 Å². The number of benzene rings is 3. The fourth-order valence-electron chi connectivity index (χ4n) is 4.58. The highest BCUT2D eigenvalue weighted by atomic mass is 16.5. The number of carbonyl (C=O) groups excluding carboxylic acids is 2. The van der Waals surface area contributed by atoms with Gasteiger partial charge in [-0.05, 0) is 47.9 Å². The molecular weight excluding hydrogens is 400 g/mol. The molecule has 0 radical (unpaired) electrons. The Bertz CT molecular complexity index is 1110. The van der Waals surface area contributed by atoms with Crippen molar-refractivity contribution in [1.29, 1.82) is 0 Å². The number of ether oxygens (including phenoxy) is 1. The number of hydrogen-bond acceptors (Lipinski definition) is 4. The first kappa shape index (κ1) is 20.3. The van der Waals surface area contributed by atoms with Gasteiger partial charge in [0.2, 0.25) is 0 Å². The summed E-state index contributed by atoms with van der Waals surface area (Å²) in [5, 5.41) is 0. The van der Waals surface area contributed by atoms with Gasteiger partial charge in [0, 0.05) is 43.9 Å². The zero-order valence-electron chi connectivity index (χ0n) is 17.9. The highest BCUT2D eigenvalue weighted by Crippen LogP contribution is 2.31. The van der Waals surface area contributed by atoms with Crippen molar-refractivity contribution in [3.8, 4) is 0 Å². The van der Waals surface area contributed by atoms with E-state index in [4.69, 9.17) is 4.74 Å². The molecule has 1 unspecified atom stereocenters. The van der Waals surface area contributed by atoms with E-state index in [2.05, 4.69) is 17.0 Å². The monoisotopic (exact) mass is 426 g/mol. The topological polar surface area (TPSA) is 49.9 Å². The van der Waals surface area contributed by atoms with Crippen molar-refractivity contribution in [2.75, 3.05) is 31.1 Å². The zero-order chi connectivity index (χ0) is 21.9. The molecule has 5 rings (SSSR count). The van der Waals surface area contributed by atoms with Crippen molar-refractivity contribution in [2.45, 2.75) is 18.9 Å². The molecule has 3 aromatic rings. The van der Waals surface area contributed by atoms with Gasteiger partial charge in [-0.15, -0.1) is 0 Å². The molecule has 1 saturated heterocycles. The van der Waals surface area contributed by atoms with Crippen LogP contribution in [-0.4, -0.2) is 43.0 Å². The maximum Gasteiger partial charge on any atom is 0.339 e. The van der Waals surface area contributed by atoms with Crippen LogP contribution < -0.4 is 4.90 Å². The minimum atomic E-state index is -0.327. The summed E-state index contributed by atoms with van der Waals surface area (Å²) < 4.78 is 5.65. The van der Waals surface area contributed by atoms with Gasteiger partial charge in [0.05, 0.1) is 5.56 Å². The molecule has 0 spiro atoms. The van der Waals surface area contributed by atoms with Gasteiger partial charge >= 0.3 is 5.97 Å². The number of anilines is 1. The van der Waals surface area contributed by atoms with Gasteiger partial charge in [0.25, 0.3) is 5.91 Å². The molecule has 0 saturated carbocycles. The summed E-state index contributed by atoms with van der Waals surface area (Å²) in [5.41, 5.74) is 4.23. The maximum absolute atomic E-state index is 13.3. The van der Waals surface area contributed by atoms with Gasteiger partial charge in [-0.1, -0.05) is 48.5 Å². The zero-order valence-corrected chi connectivity index (χ0v) is 17.9. The fraction of sp³-hybridized carbons (Fsp3) is 0.259. The average Bonchev–Trinajstić information content (AvgIpc) is 3.11. The number of cyclic esters (lactones) is 1. The first-order valence-corrected chi connectivity index (χ1v) is 11.2. The molecule has 1 amide bonds. The number of esters is 1. The summed E-state index contributed by atoms with van der Waals surface area (Å²) in [4.78, 5) is 30.1. The molecular formula is C27H26N2O3. The molecule has 0 N–H and O–H groups in total. The molecule has 2 aliphatic rings. The third-order valence-electron chi connectivity index (χ3n) is 6.30. The number of nitrogens with zero attached hydrogens (tertiary/aromatic N) is 2. The lowest BCUT2D eigenvalue weighted by molar-refractivity contribution is 0.0252. The first-order valence-electron chi connectivity index (χ1n) is 11.2. The third kappa shape index (κ3) is 4.11. The Balaban J connectivity index is 1.32. The van der Waals surface area contributed by atoms with Gasteiger partial charge in [-0.2, -0.15) is 0 Å². The molecule has 1 fully saturated rings. The Morgan fingerprint density at radius 3 is 2.38 bits per heavy atom. The Kier molecular flexibility index (Phi) is 5.63. The number of hydrogen-bond donors (Lipinski definition) is 0. The first-order chi connectivity index (χ1) is 15.7. The normalized spacial score (nSPS) is 18.5. The van der Waals surface area contributed by atoms with Crippen LogP contribution >= 0.6 is 0 Å². The van der Waals surface area contributed by atoms with Crippen LogP contribution in [0, 0.1) is 0 Å². The average molecular weight is 427 g/mol. The van der Waals surface area contributed by atoms with Crippen molar-refractivity contribution in [2.24, 2.45) is 0 Å². The van der Waals surface area contributed by atoms with E-state index < -0.39 is 0 Å². The highest BCUT2D eigenvalue weighted by molar-refractivity contribution is 5.98. The van der Waals surface area contributed by atoms with Crippen LogP contribution in [0.4, 0.5) is 5.69 Å². The summed E-state index contributed by atoms with van der Waals surface area (Å²) >= 11 is 0. The molecule has 5 heteroatoms. The van der Waals surface area contributed by atoms with E-state index in [-0.39, 0.29) is 18.0 Å². The van der Waals surface area contributed by atoms with E-state index >= 15 is 0 Å². The lowest BCUT2D eigenvalue weighted by Gasteiger charge is -2.26. The predicted octanol–water partition coefficient (Wildman–Crippen LogP) is 4.49. The van der Waals surface area contributed by atoms with Crippen molar-refractivity contribution >= 4 is 17.6 Å². The summed E-state index contributed by atoms with van der Waals surface area (Å²) in [6, 6.07) is 25.5. The highest BCUT2D eigenvalue weighted by Gasteiger charge is 2.29. The van der Waals surface area contributed by atoms with E-state index in [0.717, 1.165) is 37.2 Å². The fourth-order valence-corrected chi connectivity index (χ4v) is 4.58. The standard InChI is InChI=1S/C27H26N2O3/c30-26(29-15-7-14-28(16-17-29)23-10-5-2-6-11-23)21-12-13-24-22(18-21)19-25(32-27(24)31)20-8-3-1-4-9-20/h1-6,8-13,18,25H,7,14-17,19H2. The molecule has 2 heterocycles. The maximum atomic E-state index is 13.3. The minimum Gasteiger partial charge on any atom is -0.454 e. The molecule has 5 nitrogen and oxygen atoms in total. The number of carbonyl (C=O) groups is 2. The number of amides is 1. The Morgan fingerprint density at radius 2 is 1.59 bits per heavy atom. The minimum absolute atomic E-state index is 0.0258. The molecule has 162 valence electrons. The summed E-state index contributed by atoms with van der Waals surface area (Å²) in [6.45, 7) is 3.15. The van der Waals surface area contributed by atoms with Crippen LogP contribution in [-0.2, 0) is 11.2 Å². The van der Waals surface area contributed by atoms with E-state index in [1.807, 2.05) is 59.5 Å². The van der Waals surface area contributed by atoms with Crippen molar-refractivity contribution in [3.63, 3.8) is 0 Å². The van der Waals surface area contributed by atoms with Crippen LogP contribution in [0.5, 0.6) is 0 Å². The summed E-state index contributed by atoms with van der Waals surface area (Å²) in [7, 11) is 0. The largest absolute Gasteiger partial charge is 0.454 e. The second-order valence-corrected chi connectivity index (χ2v) is 8.35. The number of para-hydroxylation sites is 1. The van der Waals surface area contributed by atoms with Crippen LogP contribution in [0.3, 0.4) is 0 Å². The lowest BCUT2D eigenvalue weighted by Crippen LogP contribution is -2.35. The van der Waals surface area contributed by atoms with Gasteiger partial charge in [0.1, 0.15) is 6.10 Å². The summed E-state index contributed by atoms with van der Waals surface area (Å²) in [5.74, 6) is -0.301.